The molecule has 3 aromatic heterocycles. The first-order valence-electron chi connectivity index (χ1n) is 10.1. The molecular formula is C22H21FN6OS. The van der Waals surface area contributed by atoms with Gasteiger partial charge in [0.1, 0.15) is 10.7 Å². The SMILES string of the molecule is Cc1ncsc1C(=O)N1CCC(c2ccc3c(NCc4ccc(F)cc4)n[nH]c3n2)C1. The summed E-state index contributed by atoms with van der Waals surface area (Å²) < 4.78 is 13.1. The van der Waals surface area contributed by atoms with Crippen LogP contribution in [0.3, 0.4) is 0 Å². The number of halogens is 1. The number of benzene rings is 1. The first-order valence-corrected chi connectivity index (χ1v) is 11.0. The maximum Gasteiger partial charge on any atom is 0.265 e. The number of nitrogens with one attached hydrogen (secondary N) is 2. The summed E-state index contributed by atoms with van der Waals surface area (Å²) in [5.74, 6) is 0.709. The lowest BCUT2D eigenvalue weighted by molar-refractivity contribution is 0.0794. The summed E-state index contributed by atoms with van der Waals surface area (Å²) >= 11 is 1.39. The number of carbonyl (C=O) groups is 1. The second-order valence-corrected chi connectivity index (χ2v) is 8.54. The number of likely N-dealkylation sites (tertiary alicyclic amines) is 1. The Hall–Kier alpha value is -3.33. The molecule has 158 valence electrons. The highest BCUT2D eigenvalue weighted by Gasteiger charge is 2.30. The fraction of sp³-hybridized carbons (Fsp3) is 0.273. The van der Waals surface area contributed by atoms with E-state index in [4.69, 9.17) is 4.98 Å². The van der Waals surface area contributed by atoms with E-state index in [-0.39, 0.29) is 17.6 Å². The Bertz CT molecular complexity index is 1230. The maximum atomic E-state index is 13.1. The number of fused-ring (bicyclic) bond motifs is 1. The summed E-state index contributed by atoms with van der Waals surface area (Å²) in [6.07, 6.45) is 0.881. The molecule has 9 heteroatoms. The number of hydrogen-bond acceptors (Lipinski definition) is 6. The highest BCUT2D eigenvalue weighted by molar-refractivity contribution is 7.11. The Morgan fingerprint density at radius 3 is 2.90 bits per heavy atom. The van der Waals surface area contributed by atoms with Crippen molar-refractivity contribution in [2.45, 2.75) is 25.8 Å². The molecule has 0 spiro atoms. The number of anilines is 1. The van der Waals surface area contributed by atoms with Crippen molar-refractivity contribution < 1.29 is 9.18 Å². The van der Waals surface area contributed by atoms with Crippen molar-refractivity contribution >= 4 is 34.1 Å². The van der Waals surface area contributed by atoms with E-state index in [1.165, 1.54) is 23.5 Å². The molecule has 0 radical (unpaired) electrons. The van der Waals surface area contributed by atoms with Crippen molar-refractivity contribution in [1.29, 1.82) is 0 Å². The molecule has 4 aromatic rings. The third-order valence-corrected chi connectivity index (χ3v) is 6.57. The summed E-state index contributed by atoms with van der Waals surface area (Å²) in [7, 11) is 0. The Labute approximate surface area is 182 Å². The van der Waals surface area contributed by atoms with Gasteiger partial charge in [-0.15, -0.1) is 11.3 Å². The monoisotopic (exact) mass is 436 g/mol. The van der Waals surface area contributed by atoms with Crippen molar-refractivity contribution in [1.82, 2.24) is 25.1 Å². The number of rotatable bonds is 5. The number of H-pyrrole nitrogens is 1. The zero-order chi connectivity index (χ0) is 21.4. The van der Waals surface area contributed by atoms with Gasteiger partial charge in [0.15, 0.2) is 11.5 Å². The number of hydrogen-bond donors (Lipinski definition) is 2. The van der Waals surface area contributed by atoms with Gasteiger partial charge in [0.2, 0.25) is 0 Å². The first-order chi connectivity index (χ1) is 15.1. The van der Waals surface area contributed by atoms with Crippen LogP contribution in [0.15, 0.2) is 41.9 Å². The van der Waals surface area contributed by atoms with Gasteiger partial charge in [-0.25, -0.2) is 14.4 Å². The molecule has 1 atom stereocenters. The average Bonchev–Trinajstić information content (AvgIpc) is 3.52. The van der Waals surface area contributed by atoms with Crippen LogP contribution >= 0.6 is 11.3 Å². The minimum absolute atomic E-state index is 0.0531. The number of thiazole rings is 1. The third kappa shape index (κ3) is 3.88. The first kappa shape index (κ1) is 19.6. The van der Waals surface area contributed by atoms with Crippen LogP contribution in [-0.2, 0) is 6.54 Å². The summed E-state index contributed by atoms with van der Waals surface area (Å²) in [6, 6.07) is 10.4. The van der Waals surface area contributed by atoms with Crippen LogP contribution < -0.4 is 5.32 Å². The molecule has 1 aliphatic heterocycles. The van der Waals surface area contributed by atoms with Crippen molar-refractivity contribution in [2.24, 2.45) is 0 Å². The van der Waals surface area contributed by atoms with Gasteiger partial charge in [-0.05, 0) is 43.2 Å². The number of aromatic nitrogens is 4. The van der Waals surface area contributed by atoms with Crippen LogP contribution in [0.1, 0.15) is 39.0 Å². The van der Waals surface area contributed by atoms with E-state index in [1.807, 2.05) is 24.0 Å². The van der Waals surface area contributed by atoms with Gasteiger partial charge in [0.25, 0.3) is 5.91 Å². The van der Waals surface area contributed by atoms with Crippen LogP contribution in [0.4, 0.5) is 10.2 Å². The minimum Gasteiger partial charge on any atom is -0.364 e. The number of pyridine rings is 1. The average molecular weight is 437 g/mol. The van der Waals surface area contributed by atoms with Gasteiger partial charge in [-0.1, -0.05) is 12.1 Å². The van der Waals surface area contributed by atoms with Crippen LogP contribution in [-0.4, -0.2) is 44.1 Å². The largest absolute Gasteiger partial charge is 0.364 e. The molecule has 2 N–H and O–H groups in total. The Morgan fingerprint density at radius 1 is 1.29 bits per heavy atom. The number of aromatic amines is 1. The second kappa shape index (κ2) is 8.07. The third-order valence-electron chi connectivity index (χ3n) is 5.65. The van der Waals surface area contributed by atoms with Gasteiger partial charge < -0.3 is 10.2 Å². The summed E-state index contributed by atoms with van der Waals surface area (Å²) in [4.78, 5) is 24.3. The zero-order valence-corrected chi connectivity index (χ0v) is 17.7. The van der Waals surface area contributed by atoms with Crippen LogP contribution in [0, 0.1) is 12.7 Å². The molecule has 1 fully saturated rings. The lowest BCUT2D eigenvalue weighted by Gasteiger charge is -2.15. The minimum atomic E-state index is -0.250. The van der Waals surface area contributed by atoms with Crippen LogP contribution in [0.2, 0.25) is 0 Å². The normalized spacial score (nSPS) is 16.2. The van der Waals surface area contributed by atoms with E-state index < -0.39 is 0 Å². The standard InChI is InChI=1S/C22H21FN6OS/c1-13-19(31-12-25-13)22(30)29-9-8-15(11-29)18-7-6-17-20(27-28-21(17)26-18)24-10-14-2-4-16(23)5-3-14/h2-7,12,15H,8-11H2,1H3,(H2,24,26,27,28). The van der Waals surface area contributed by atoms with Gasteiger partial charge in [-0.3, -0.25) is 9.89 Å². The topological polar surface area (TPSA) is 86.8 Å². The summed E-state index contributed by atoms with van der Waals surface area (Å²) in [6.45, 7) is 3.78. The molecule has 4 heterocycles. The van der Waals surface area contributed by atoms with E-state index in [0.717, 1.165) is 33.6 Å². The molecule has 0 saturated carbocycles. The van der Waals surface area contributed by atoms with Crippen molar-refractivity contribution in [3.63, 3.8) is 0 Å². The highest BCUT2D eigenvalue weighted by Crippen LogP contribution is 2.30. The van der Waals surface area contributed by atoms with E-state index >= 15 is 0 Å². The van der Waals surface area contributed by atoms with E-state index in [2.05, 4.69) is 20.5 Å². The molecule has 1 saturated heterocycles. The maximum absolute atomic E-state index is 13.1. The van der Waals surface area contributed by atoms with Gasteiger partial charge in [0, 0.05) is 31.2 Å². The van der Waals surface area contributed by atoms with Crippen LogP contribution in [0.25, 0.3) is 11.0 Å². The lowest BCUT2D eigenvalue weighted by atomic mass is 10.0. The fourth-order valence-electron chi connectivity index (χ4n) is 3.91. The fourth-order valence-corrected chi connectivity index (χ4v) is 4.68. The van der Waals surface area contributed by atoms with Crippen molar-refractivity contribution in [3.8, 4) is 0 Å². The summed E-state index contributed by atoms with van der Waals surface area (Å²) in [5, 5.41) is 11.5. The number of aryl methyl sites for hydroxylation is 1. The molecule has 1 unspecified atom stereocenters. The van der Waals surface area contributed by atoms with Crippen LogP contribution in [0.5, 0.6) is 0 Å². The zero-order valence-electron chi connectivity index (χ0n) is 16.9. The summed E-state index contributed by atoms with van der Waals surface area (Å²) in [5.41, 5.74) is 5.14. The van der Waals surface area contributed by atoms with E-state index in [0.29, 0.717) is 31.1 Å². The predicted octanol–water partition coefficient (Wildman–Crippen LogP) is 4.10. The number of carbonyl (C=O) groups excluding carboxylic acids is 1. The Morgan fingerprint density at radius 2 is 2.13 bits per heavy atom. The van der Waals surface area contributed by atoms with E-state index in [9.17, 15) is 9.18 Å². The predicted molar refractivity (Wildman–Crippen MR) is 118 cm³/mol. The van der Waals surface area contributed by atoms with Gasteiger partial charge in [-0.2, -0.15) is 5.10 Å². The Balaban J connectivity index is 1.28. The molecule has 0 aliphatic carbocycles. The molecule has 1 aliphatic rings. The van der Waals surface area contributed by atoms with Crippen molar-refractivity contribution in [2.75, 3.05) is 18.4 Å². The number of nitrogens with zero attached hydrogens (tertiary/aromatic N) is 4. The molecule has 1 aromatic carbocycles. The molecule has 1 amide bonds. The van der Waals surface area contributed by atoms with Gasteiger partial charge in [0.05, 0.1) is 16.6 Å². The molecule has 7 nitrogen and oxygen atoms in total. The molecule has 31 heavy (non-hydrogen) atoms. The highest BCUT2D eigenvalue weighted by atomic mass is 32.1. The Kier molecular flexibility index (Phi) is 5.11. The molecular weight excluding hydrogens is 415 g/mol. The van der Waals surface area contributed by atoms with Gasteiger partial charge >= 0.3 is 0 Å². The molecule has 0 bridgehead atoms. The lowest BCUT2D eigenvalue weighted by Crippen LogP contribution is -2.28. The van der Waals surface area contributed by atoms with Crippen molar-refractivity contribution in [3.05, 3.63) is 69.6 Å². The quantitative estimate of drug-likeness (QED) is 0.492. The second-order valence-electron chi connectivity index (χ2n) is 7.69. The van der Waals surface area contributed by atoms with E-state index in [1.54, 1.807) is 17.6 Å². The smallest absolute Gasteiger partial charge is 0.265 e. The number of amides is 1. The molecule has 5 rings (SSSR count).